The number of hydrogen-bond donors (Lipinski definition) is 1. The van der Waals surface area contributed by atoms with Crippen molar-refractivity contribution >= 4 is 17.5 Å². The Morgan fingerprint density at radius 1 is 1.08 bits per heavy atom. The van der Waals surface area contributed by atoms with Crippen LogP contribution >= 0.6 is 0 Å². The van der Waals surface area contributed by atoms with Gasteiger partial charge in [-0.05, 0) is 36.2 Å². The second-order valence-corrected chi connectivity index (χ2v) is 5.83. The first-order chi connectivity index (χ1) is 12.0. The molecule has 0 bridgehead atoms. The van der Waals surface area contributed by atoms with Crippen LogP contribution in [-0.4, -0.2) is 32.0 Å². The average molecular weight is 340 g/mol. The highest BCUT2D eigenvalue weighted by Crippen LogP contribution is 2.19. The number of anilines is 1. The quantitative estimate of drug-likeness (QED) is 0.843. The van der Waals surface area contributed by atoms with E-state index in [1.165, 1.54) is 6.92 Å². The van der Waals surface area contributed by atoms with Crippen molar-refractivity contribution in [3.05, 3.63) is 59.7 Å². The number of hydrogen-bond acceptors (Lipinski definition) is 3. The fraction of sp³-hybridized carbons (Fsp3) is 0.300. The van der Waals surface area contributed by atoms with E-state index in [9.17, 15) is 9.59 Å². The molecule has 0 unspecified atom stereocenters. The van der Waals surface area contributed by atoms with Crippen molar-refractivity contribution < 1.29 is 14.3 Å². The largest absolute Gasteiger partial charge is 0.497 e. The maximum atomic E-state index is 12.1. The van der Waals surface area contributed by atoms with Crippen LogP contribution in [0.1, 0.15) is 18.1 Å². The number of aryl methyl sites for hydroxylation is 1. The molecule has 0 aliphatic carbocycles. The maximum absolute atomic E-state index is 12.1. The zero-order chi connectivity index (χ0) is 18.2. The summed E-state index contributed by atoms with van der Waals surface area (Å²) in [6.45, 7) is 4.34. The second kappa shape index (κ2) is 8.87. The van der Waals surface area contributed by atoms with Crippen LogP contribution in [0.3, 0.4) is 0 Å². The third kappa shape index (κ3) is 5.35. The van der Waals surface area contributed by atoms with Crippen LogP contribution < -0.4 is 15.0 Å². The van der Waals surface area contributed by atoms with Gasteiger partial charge in [-0.2, -0.15) is 0 Å². The van der Waals surface area contributed by atoms with Crippen LogP contribution in [0.25, 0.3) is 0 Å². The lowest BCUT2D eigenvalue weighted by molar-refractivity contribution is -0.121. The van der Waals surface area contributed by atoms with Gasteiger partial charge in [0.05, 0.1) is 13.5 Å². The number of benzene rings is 2. The molecule has 0 aromatic heterocycles. The number of rotatable bonds is 7. The zero-order valence-corrected chi connectivity index (χ0v) is 14.9. The molecule has 2 rings (SSSR count). The molecule has 0 heterocycles. The normalized spacial score (nSPS) is 10.2. The van der Waals surface area contributed by atoms with Crippen molar-refractivity contribution in [1.29, 1.82) is 0 Å². The van der Waals surface area contributed by atoms with Gasteiger partial charge in [-0.25, -0.2) is 0 Å². The number of methoxy groups -OCH3 is 1. The third-order valence-corrected chi connectivity index (χ3v) is 3.97. The predicted octanol–water partition coefficient (Wildman–Crippen LogP) is 2.72. The molecule has 2 aromatic carbocycles. The molecule has 0 fully saturated rings. The lowest BCUT2D eigenvalue weighted by Crippen LogP contribution is -2.38. The van der Waals surface area contributed by atoms with Gasteiger partial charge in [-0.3, -0.25) is 9.59 Å². The van der Waals surface area contributed by atoms with Crippen LogP contribution in [0, 0.1) is 6.92 Å². The first-order valence-electron chi connectivity index (χ1n) is 8.24. The Balaban J connectivity index is 1.88. The van der Waals surface area contributed by atoms with Crippen molar-refractivity contribution in [1.82, 2.24) is 5.32 Å². The monoisotopic (exact) mass is 340 g/mol. The maximum Gasteiger partial charge on any atom is 0.224 e. The molecule has 0 aliphatic rings. The Morgan fingerprint density at radius 3 is 2.36 bits per heavy atom. The van der Waals surface area contributed by atoms with E-state index in [1.54, 1.807) is 12.0 Å². The first kappa shape index (κ1) is 18.5. The molecule has 0 spiro atoms. The summed E-state index contributed by atoms with van der Waals surface area (Å²) in [5, 5.41) is 2.87. The molecule has 25 heavy (non-hydrogen) atoms. The number of nitrogens with zero attached hydrogens (tertiary/aromatic N) is 1. The van der Waals surface area contributed by atoms with E-state index in [1.807, 2.05) is 55.5 Å². The van der Waals surface area contributed by atoms with E-state index in [0.29, 0.717) is 19.5 Å². The standard InChI is InChI=1S/C20H24N2O3/c1-15-6-4-5-7-19(15)22(16(2)23)13-12-21-20(24)14-17-8-10-18(25-3)11-9-17/h4-11H,12-14H2,1-3H3,(H,21,24). The highest BCUT2D eigenvalue weighted by molar-refractivity contribution is 5.92. The summed E-state index contributed by atoms with van der Waals surface area (Å²) in [6.07, 6.45) is 0.300. The van der Waals surface area contributed by atoms with Gasteiger partial charge in [-0.1, -0.05) is 30.3 Å². The van der Waals surface area contributed by atoms with Gasteiger partial charge in [-0.15, -0.1) is 0 Å². The minimum Gasteiger partial charge on any atom is -0.497 e. The molecule has 0 saturated carbocycles. The second-order valence-electron chi connectivity index (χ2n) is 5.83. The topological polar surface area (TPSA) is 58.6 Å². The summed E-state index contributed by atoms with van der Waals surface area (Å²) in [6, 6.07) is 15.1. The Hall–Kier alpha value is -2.82. The highest BCUT2D eigenvalue weighted by Gasteiger charge is 2.13. The van der Waals surface area contributed by atoms with Crippen LogP contribution in [0.15, 0.2) is 48.5 Å². The lowest BCUT2D eigenvalue weighted by atomic mass is 10.1. The summed E-state index contributed by atoms with van der Waals surface area (Å²) >= 11 is 0. The van der Waals surface area contributed by atoms with Crippen molar-refractivity contribution in [2.24, 2.45) is 0 Å². The number of amides is 2. The number of carbonyl (C=O) groups is 2. The van der Waals surface area contributed by atoms with Crippen molar-refractivity contribution in [2.45, 2.75) is 20.3 Å². The van der Waals surface area contributed by atoms with E-state index in [-0.39, 0.29) is 11.8 Å². The van der Waals surface area contributed by atoms with Gasteiger partial charge >= 0.3 is 0 Å². The summed E-state index contributed by atoms with van der Waals surface area (Å²) in [5.74, 6) is 0.650. The van der Waals surface area contributed by atoms with Gasteiger partial charge in [0, 0.05) is 25.7 Å². The van der Waals surface area contributed by atoms with E-state index < -0.39 is 0 Å². The van der Waals surface area contributed by atoms with Gasteiger partial charge in [0.15, 0.2) is 0 Å². The number of nitrogens with one attached hydrogen (secondary N) is 1. The Labute approximate surface area is 148 Å². The summed E-state index contributed by atoms with van der Waals surface area (Å²) in [7, 11) is 1.61. The Morgan fingerprint density at radius 2 is 1.76 bits per heavy atom. The minimum atomic E-state index is -0.0709. The van der Waals surface area contributed by atoms with Crippen LogP contribution in [0.2, 0.25) is 0 Å². The van der Waals surface area contributed by atoms with E-state index in [2.05, 4.69) is 5.32 Å². The molecule has 2 amide bonds. The fourth-order valence-corrected chi connectivity index (χ4v) is 2.61. The number of carbonyl (C=O) groups excluding carboxylic acids is 2. The molecule has 0 aliphatic heterocycles. The van der Waals surface area contributed by atoms with Crippen molar-refractivity contribution in [3.8, 4) is 5.75 Å². The van der Waals surface area contributed by atoms with E-state index in [0.717, 1.165) is 22.6 Å². The van der Waals surface area contributed by atoms with Gasteiger partial charge < -0.3 is 15.0 Å². The predicted molar refractivity (Wildman–Crippen MR) is 98.9 cm³/mol. The van der Waals surface area contributed by atoms with Gasteiger partial charge in [0.2, 0.25) is 11.8 Å². The summed E-state index contributed by atoms with van der Waals surface area (Å²) in [4.78, 5) is 25.7. The molecule has 2 aromatic rings. The Bertz CT molecular complexity index is 726. The van der Waals surface area contributed by atoms with Crippen LogP contribution in [0.4, 0.5) is 5.69 Å². The van der Waals surface area contributed by atoms with Crippen LogP contribution in [0.5, 0.6) is 5.75 Å². The zero-order valence-electron chi connectivity index (χ0n) is 14.9. The average Bonchev–Trinajstić information content (AvgIpc) is 2.60. The first-order valence-corrected chi connectivity index (χ1v) is 8.24. The molecule has 1 N–H and O–H groups in total. The molecule has 132 valence electrons. The smallest absolute Gasteiger partial charge is 0.224 e. The number of para-hydroxylation sites is 1. The number of ether oxygens (including phenoxy) is 1. The van der Waals surface area contributed by atoms with Crippen molar-refractivity contribution in [3.63, 3.8) is 0 Å². The molecular weight excluding hydrogens is 316 g/mol. The van der Waals surface area contributed by atoms with Gasteiger partial charge in [0.25, 0.3) is 0 Å². The summed E-state index contributed by atoms with van der Waals surface area (Å²) < 4.78 is 5.10. The fourth-order valence-electron chi connectivity index (χ4n) is 2.61. The molecule has 0 saturated heterocycles. The Kier molecular flexibility index (Phi) is 6.57. The molecule has 5 nitrogen and oxygen atoms in total. The highest BCUT2D eigenvalue weighted by atomic mass is 16.5. The van der Waals surface area contributed by atoms with E-state index >= 15 is 0 Å². The molecule has 5 heteroatoms. The lowest BCUT2D eigenvalue weighted by Gasteiger charge is -2.23. The summed E-state index contributed by atoms with van der Waals surface area (Å²) in [5.41, 5.74) is 2.82. The molecular formula is C20H24N2O3. The third-order valence-electron chi connectivity index (χ3n) is 3.97. The van der Waals surface area contributed by atoms with E-state index in [4.69, 9.17) is 4.74 Å². The minimum absolute atomic E-state index is 0.0429. The molecule has 0 radical (unpaired) electrons. The van der Waals surface area contributed by atoms with Crippen LogP contribution in [-0.2, 0) is 16.0 Å². The van der Waals surface area contributed by atoms with Gasteiger partial charge in [0.1, 0.15) is 5.75 Å². The SMILES string of the molecule is COc1ccc(CC(=O)NCCN(C(C)=O)c2ccccc2C)cc1. The van der Waals surface area contributed by atoms with Crippen molar-refractivity contribution in [2.75, 3.05) is 25.1 Å². The molecule has 0 atom stereocenters.